The zero-order chi connectivity index (χ0) is 17.3. The number of carbonyl (C=O) groups excluding carboxylic acids is 2. The van der Waals surface area contributed by atoms with E-state index in [0.717, 1.165) is 11.1 Å². The molecule has 24 heavy (non-hydrogen) atoms. The maximum absolute atomic E-state index is 12.4. The first-order valence-electron chi connectivity index (χ1n) is 7.84. The number of ketones is 1. The van der Waals surface area contributed by atoms with Gasteiger partial charge in [-0.05, 0) is 44.0 Å². The first kappa shape index (κ1) is 16.5. The molecule has 0 fully saturated rings. The summed E-state index contributed by atoms with van der Waals surface area (Å²) in [5.41, 5.74) is 3.18. The van der Waals surface area contributed by atoms with E-state index in [-0.39, 0.29) is 11.7 Å². The number of nitrogens with one attached hydrogen (secondary N) is 1. The Kier molecular flexibility index (Phi) is 4.58. The van der Waals surface area contributed by atoms with Crippen LogP contribution in [-0.2, 0) is 11.2 Å². The molecule has 1 amide bonds. The Morgan fingerprint density at radius 3 is 2.83 bits per heavy atom. The summed E-state index contributed by atoms with van der Waals surface area (Å²) < 4.78 is 5.81. The molecule has 1 atom stereocenters. The Bertz CT molecular complexity index is 816. The number of ether oxygens (including phenoxy) is 1. The number of anilines is 1. The molecule has 124 valence electrons. The molecule has 2 aromatic rings. The molecule has 4 nitrogen and oxygen atoms in total. The van der Waals surface area contributed by atoms with Crippen LogP contribution >= 0.6 is 11.6 Å². The van der Waals surface area contributed by atoms with E-state index in [4.69, 9.17) is 16.3 Å². The number of rotatable bonds is 4. The number of Topliss-reactive ketones (excluding diaryl/α,β-unsaturated/α-hetero) is 1. The van der Waals surface area contributed by atoms with Crippen LogP contribution in [0.2, 0.25) is 5.02 Å². The molecule has 0 spiro atoms. The van der Waals surface area contributed by atoms with Gasteiger partial charge < -0.3 is 10.1 Å². The minimum atomic E-state index is -0.689. The lowest BCUT2D eigenvalue weighted by molar-refractivity contribution is -0.122. The number of amides is 1. The molecule has 3 rings (SSSR count). The molecule has 0 bridgehead atoms. The standard InChI is InChI=1S/C19H18ClNO3/c1-11-6-7-13(20)10-16(11)21-19(23)12(2)24-18-5-3-4-14-15(18)8-9-17(14)22/h3-7,10,12H,8-9H2,1-2H3,(H,21,23)/t12-/m0/s1. The van der Waals surface area contributed by atoms with E-state index in [9.17, 15) is 9.59 Å². The molecular formula is C19H18ClNO3. The van der Waals surface area contributed by atoms with E-state index in [1.165, 1.54) is 0 Å². The van der Waals surface area contributed by atoms with E-state index >= 15 is 0 Å². The fourth-order valence-corrected chi connectivity index (χ4v) is 2.95. The molecule has 0 saturated carbocycles. The van der Waals surface area contributed by atoms with Crippen LogP contribution in [0.15, 0.2) is 36.4 Å². The van der Waals surface area contributed by atoms with Gasteiger partial charge in [-0.2, -0.15) is 0 Å². The van der Waals surface area contributed by atoms with Gasteiger partial charge in [0.2, 0.25) is 0 Å². The molecule has 1 aliphatic rings. The monoisotopic (exact) mass is 343 g/mol. The van der Waals surface area contributed by atoms with Gasteiger partial charge in [-0.1, -0.05) is 29.8 Å². The zero-order valence-corrected chi connectivity index (χ0v) is 14.3. The van der Waals surface area contributed by atoms with Crippen molar-refractivity contribution in [2.75, 3.05) is 5.32 Å². The Hall–Kier alpha value is -2.33. The van der Waals surface area contributed by atoms with Crippen LogP contribution in [-0.4, -0.2) is 17.8 Å². The number of fused-ring (bicyclic) bond motifs is 1. The summed E-state index contributed by atoms with van der Waals surface area (Å²) in [6.07, 6.45) is 0.468. The molecule has 0 unspecified atom stereocenters. The largest absolute Gasteiger partial charge is 0.481 e. The van der Waals surface area contributed by atoms with Crippen LogP contribution in [0.3, 0.4) is 0 Å². The average Bonchev–Trinajstić information content (AvgIpc) is 2.93. The van der Waals surface area contributed by atoms with Gasteiger partial charge in [0, 0.05) is 28.3 Å². The highest BCUT2D eigenvalue weighted by molar-refractivity contribution is 6.31. The van der Waals surface area contributed by atoms with Gasteiger partial charge in [0.05, 0.1) is 0 Å². The Morgan fingerprint density at radius 2 is 2.04 bits per heavy atom. The highest BCUT2D eigenvalue weighted by Gasteiger charge is 2.24. The molecular weight excluding hydrogens is 326 g/mol. The molecule has 0 saturated heterocycles. The minimum Gasteiger partial charge on any atom is -0.481 e. The minimum absolute atomic E-state index is 0.127. The van der Waals surface area contributed by atoms with Crippen LogP contribution < -0.4 is 10.1 Å². The molecule has 0 aliphatic heterocycles. The fourth-order valence-electron chi connectivity index (χ4n) is 2.78. The molecule has 0 radical (unpaired) electrons. The van der Waals surface area contributed by atoms with Crippen LogP contribution in [0.5, 0.6) is 5.75 Å². The van der Waals surface area contributed by atoms with Crippen LogP contribution in [0.25, 0.3) is 0 Å². The summed E-state index contributed by atoms with van der Waals surface area (Å²) in [6, 6.07) is 10.7. The second-order valence-corrected chi connectivity index (χ2v) is 6.35. The molecule has 0 heterocycles. The van der Waals surface area contributed by atoms with E-state index in [1.54, 1.807) is 37.3 Å². The van der Waals surface area contributed by atoms with Crippen LogP contribution in [0, 0.1) is 6.92 Å². The quantitative estimate of drug-likeness (QED) is 0.905. The van der Waals surface area contributed by atoms with E-state index in [2.05, 4.69) is 5.32 Å². The van der Waals surface area contributed by atoms with Crippen molar-refractivity contribution in [2.45, 2.75) is 32.8 Å². The predicted molar refractivity (Wildman–Crippen MR) is 94.0 cm³/mol. The van der Waals surface area contributed by atoms with Crippen molar-refractivity contribution in [3.05, 3.63) is 58.1 Å². The highest BCUT2D eigenvalue weighted by Crippen LogP contribution is 2.31. The first-order chi connectivity index (χ1) is 11.5. The molecule has 0 aromatic heterocycles. The third-order valence-electron chi connectivity index (χ3n) is 4.17. The number of hydrogen-bond acceptors (Lipinski definition) is 3. The molecule has 5 heteroatoms. The topological polar surface area (TPSA) is 55.4 Å². The summed E-state index contributed by atoms with van der Waals surface area (Å²) in [5, 5.41) is 3.39. The molecule has 1 N–H and O–H groups in total. The SMILES string of the molecule is Cc1ccc(Cl)cc1NC(=O)[C@H](C)Oc1cccc2c1CCC2=O. The summed E-state index contributed by atoms with van der Waals surface area (Å²) in [7, 11) is 0. The van der Waals surface area contributed by atoms with Crippen LogP contribution in [0.4, 0.5) is 5.69 Å². The van der Waals surface area contributed by atoms with Gasteiger partial charge in [-0.25, -0.2) is 0 Å². The van der Waals surface area contributed by atoms with Crippen molar-refractivity contribution < 1.29 is 14.3 Å². The number of hydrogen-bond donors (Lipinski definition) is 1. The predicted octanol–water partition coefficient (Wildman–Crippen LogP) is 4.18. The zero-order valence-electron chi connectivity index (χ0n) is 13.6. The molecule has 2 aromatic carbocycles. The third kappa shape index (κ3) is 3.29. The van der Waals surface area contributed by atoms with Gasteiger partial charge in [0.15, 0.2) is 11.9 Å². The van der Waals surface area contributed by atoms with Gasteiger partial charge in [-0.15, -0.1) is 0 Å². The summed E-state index contributed by atoms with van der Waals surface area (Å²) in [5.74, 6) is 0.466. The Labute approximate surface area is 145 Å². The number of halogens is 1. The maximum atomic E-state index is 12.4. The lowest BCUT2D eigenvalue weighted by atomic mass is 10.1. The summed E-state index contributed by atoms with van der Waals surface area (Å²) in [6.45, 7) is 3.58. The lowest BCUT2D eigenvalue weighted by Gasteiger charge is -2.17. The fraction of sp³-hybridized carbons (Fsp3) is 0.263. The van der Waals surface area contributed by atoms with E-state index in [0.29, 0.717) is 34.9 Å². The van der Waals surface area contributed by atoms with Crippen molar-refractivity contribution in [1.29, 1.82) is 0 Å². The lowest BCUT2D eigenvalue weighted by Crippen LogP contribution is -2.30. The number of carbonyl (C=O) groups is 2. The van der Waals surface area contributed by atoms with Crippen molar-refractivity contribution in [1.82, 2.24) is 0 Å². The van der Waals surface area contributed by atoms with Crippen molar-refractivity contribution in [2.24, 2.45) is 0 Å². The average molecular weight is 344 g/mol. The first-order valence-corrected chi connectivity index (χ1v) is 8.22. The van der Waals surface area contributed by atoms with E-state index < -0.39 is 6.10 Å². The van der Waals surface area contributed by atoms with Gasteiger partial charge >= 0.3 is 0 Å². The smallest absolute Gasteiger partial charge is 0.265 e. The van der Waals surface area contributed by atoms with Gasteiger partial charge in [0.25, 0.3) is 5.91 Å². The van der Waals surface area contributed by atoms with Crippen molar-refractivity contribution in [3.63, 3.8) is 0 Å². The summed E-state index contributed by atoms with van der Waals surface area (Å²) >= 11 is 5.97. The number of aryl methyl sites for hydroxylation is 1. The highest BCUT2D eigenvalue weighted by atomic mass is 35.5. The van der Waals surface area contributed by atoms with Gasteiger partial charge in [0.1, 0.15) is 5.75 Å². The third-order valence-corrected chi connectivity index (χ3v) is 4.40. The number of benzene rings is 2. The second kappa shape index (κ2) is 6.65. The van der Waals surface area contributed by atoms with Crippen LogP contribution in [0.1, 0.15) is 34.8 Å². The van der Waals surface area contributed by atoms with Crippen molar-refractivity contribution >= 4 is 29.0 Å². The normalized spacial score (nSPS) is 14.2. The van der Waals surface area contributed by atoms with E-state index in [1.807, 2.05) is 13.0 Å². The summed E-state index contributed by atoms with van der Waals surface area (Å²) in [4.78, 5) is 24.2. The Morgan fingerprint density at radius 1 is 1.25 bits per heavy atom. The Balaban J connectivity index is 1.74. The van der Waals surface area contributed by atoms with Crippen molar-refractivity contribution in [3.8, 4) is 5.75 Å². The van der Waals surface area contributed by atoms with Gasteiger partial charge in [-0.3, -0.25) is 9.59 Å². The molecule has 1 aliphatic carbocycles. The second-order valence-electron chi connectivity index (χ2n) is 5.91. The maximum Gasteiger partial charge on any atom is 0.265 e.